The number of nitrogens with two attached hydrogens (primary N) is 1. The van der Waals surface area contributed by atoms with Gasteiger partial charge in [0.15, 0.2) is 0 Å². The average Bonchev–Trinajstić information content (AvgIpc) is 2.79. The van der Waals surface area contributed by atoms with E-state index in [2.05, 4.69) is 10.2 Å². The van der Waals surface area contributed by atoms with Crippen LogP contribution in [0.15, 0.2) is 35.9 Å². The van der Waals surface area contributed by atoms with Crippen LogP contribution in [-0.4, -0.2) is 80.2 Å². The molecule has 1 fully saturated rings. The molecule has 10 nitrogen and oxygen atoms in total. The Morgan fingerprint density at radius 1 is 1.20 bits per heavy atom. The van der Waals surface area contributed by atoms with Crippen molar-refractivity contribution < 1.29 is 34.5 Å². The third-order valence-corrected chi connectivity index (χ3v) is 8.50. The lowest BCUT2D eigenvalue weighted by atomic mass is 10.0. The van der Waals surface area contributed by atoms with E-state index in [0.717, 1.165) is 5.56 Å². The van der Waals surface area contributed by atoms with Gasteiger partial charge in [-0.05, 0) is 30.0 Å². The van der Waals surface area contributed by atoms with E-state index in [-0.39, 0.29) is 23.8 Å². The molecular formula is C22H28ClN3O7S2. The second-order valence-corrected chi connectivity index (χ2v) is 11.0. The molecule has 1 heterocycles. The number of aliphatic carboxylic acids is 3. The maximum atomic E-state index is 12.0. The van der Waals surface area contributed by atoms with Gasteiger partial charge < -0.3 is 26.4 Å². The third kappa shape index (κ3) is 10.1. The number of carboxylic acid groups (broad SMARTS) is 3. The number of amides is 1. The lowest BCUT2D eigenvalue weighted by molar-refractivity contribution is -0.141. The van der Waals surface area contributed by atoms with Gasteiger partial charge in [-0.3, -0.25) is 14.5 Å². The molecule has 35 heavy (non-hydrogen) atoms. The zero-order chi connectivity index (χ0) is 26.0. The van der Waals surface area contributed by atoms with Crippen LogP contribution >= 0.6 is 33.2 Å². The molecule has 0 saturated carbocycles. The average molecular weight is 546 g/mol. The minimum atomic E-state index is -1.23. The Morgan fingerprint density at radius 2 is 1.91 bits per heavy atom. The van der Waals surface area contributed by atoms with Crippen LogP contribution in [0.25, 0.3) is 0 Å². The van der Waals surface area contributed by atoms with E-state index < -0.39 is 35.9 Å². The maximum absolute atomic E-state index is 12.0. The molecule has 0 radical (unpaired) electrons. The van der Waals surface area contributed by atoms with Crippen molar-refractivity contribution in [1.29, 1.82) is 0 Å². The summed E-state index contributed by atoms with van der Waals surface area (Å²) >= 11 is 6.25. The minimum Gasteiger partial charge on any atom is -0.480 e. The summed E-state index contributed by atoms with van der Waals surface area (Å²) in [4.78, 5) is 47.8. The van der Waals surface area contributed by atoms with Crippen molar-refractivity contribution in [3.8, 4) is 0 Å². The van der Waals surface area contributed by atoms with Gasteiger partial charge in [0.1, 0.15) is 12.1 Å². The zero-order valence-corrected chi connectivity index (χ0v) is 21.2. The van der Waals surface area contributed by atoms with Crippen LogP contribution in [0.5, 0.6) is 0 Å². The first-order valence-electron chi connectivity index (χ1n) is 10.7. The minimum absolute atomic E-state index is 0.0525. The fourth-order valence-electron chi connectivity index (χ4n) is 3.37. The highest BCUT2D eigenvalue weighted by Crippen LogP contribution is 2.37. The van der Waals surface area contributed by atoms with Crippen LogP contribution in [0.4, 0.5) is 0 Å². The standard InChI is InChI=1S/C22H28ClN3O7S2/c23-15-4-2-1-3-13(15)10-26-8-7-18(14(11-26)9-20(28)29)35-34-12-17(22(32)33)25-19(27)6-5-16(24)21(30)31/h1-4,9,16-18H,5-8,10-12,24H2,(H,25,27)(H,28,29)(H,30,31)(H,32,33). The van der Waals surface area contributed by atoms with Crippen molar-refractivity contribution in [1.82, 2.24) is 10.2 Å². The number of carboxylic acids is 3. The van der Waals surface area contributed by atoms with Gasteiger partial charge in [0.05, 0.1) is 0 Å². The van der Waals surface area contributed by atoms with Crippen molar-refractivity contribution in [2.24, 2.45) is 5.73 Å². The van der Waals surface area contributed by atoms with Crippen molar-refractivity contribution in [2.75, 3.05) is 18.8 Å². The van der Waals surface area contributed by atoms with Crippen LogP contribution in [0, 0.1) is 0 Å². The molecule has 1 aromatic carbocycles. The molecule has 1 aliphatic rings. The smallest absolute Gasteiger partial charge is 0.328 e. The Kier molecular flexibility index (Phi) is 11.9. The molecule has 13 heteroatoms. The summed E-state index contributed by atoms with van der Waals surface area (Å²) in [6, 6.07) is 5.11. The summed E-state index contributed by atoms with van der Waals surface area (Å²) in [5.41, 5.74) is 7.03. The predicted octanol–water partition coefficient (Wildman–Crippen LogP) is 2.07. The molecule has 3 unspecified atom stereocenters. The molecule has 0 spiro atoms. The number of benzene rings is 1. The first-order chi connectivity index (χ1) is 16.6. The highest BCUT2D eigenvalue weighted by Gasteiger charge is 2.27. The fraction of sp³-hybridized carbons (Fsp3) is 0.455. The number of hydrogen-bond acceptors (Lipinski definition) is 8. The predicted molar refractivity (Wildman–Crippen MR) is 135 cm³/mol. The highest BCUT2D eigenvalue weighted by molar-refractivity contribution is 8.77. The summed E-state index contributed by atoms with van der Waals surface area (Å²) < 4.78 is 0. The third-order valence-electron chi connectivity index (χ3n) is 5.24. The first-order valence-corrected chi connectivity index (χ1v) is 13.5. The summed E-state index contributed by atoms with van der Waals surface area (Å²) in [6.45, 7) is 1.74. The van der Waals surface area contributed by atoms with E-state index >= 15 is 0 Å². The van der Waals surface area contributed by atoms with Gasteiger partial charge in [0.25, 0.3) is 0 Å². The van der Waals surface area contributed by atoms with E-state index in [0.29, 0.717) is 36.7 Å². The summed E-state index contributed by atoms with van der Waals surface area (Å²) in [5, 5.41) is 30.4. The number of nitrogens with zero attached hydrogens (tertiary/aromatic N) is 1. The molecule has 1 aromatic rings. The van der Waals surface area contributed by atoms with Crippen LogP contribution in [-0.2, 0) is 25.7 Å². The number of rotatable bonds is 13. The Bertz CT molecular complexity index is 963. The summed E-state index contributed by atoms with van der Waals surface area (Å²) in [5.74, 6) is -4.05. The molecule has 0 aliphatic carbocycles. The number of halogens is 1. The van der Waals surface area contributed by atoms with Crippen molar-refractivity contribution in [2.45, 2.75) is 43.1 Å². The number of nitrogens with one attached hydrogen (secondary N) is 1. The number of carbonyl (C=O) groups excluding carboxylic acids is 1. The number of hydrogen-bond donors (Lipinski definition) is 5. The SMILES string of the molecule is NC(CCC(=O)NC(CSSC1CCN(Cc2ccccc2Cl)CC1=CC(=O)O)C(=O)O)C(=O)O. The fourth-order valence-corrected chi connectivity index (χ4v) is 6.44. The quantitative estimate of drug-likeness (QED) is 0.181. The normalized spacial score (nSPS) is 19.1. The molecule has 0 aromatic heterocycles. The van der Waals surface area contributed by atoms with Crippen LogP contribution in [0.2, 0.25) is 5.02 Å². The topological polar surface area (TPSA) is 170 Å². The Labute approximate surface area is 215 Å². The lowest BCUT2D eigenvalue weighted by Gasteiger charge is -2.34. The van der Waals surface area contributed by atoms with Gasteiger partial charge in [-0.2, -0.15) is 0 Å². The monoisotopic (exact) mass is 545 g/mol. The molecule has 2 rings (SSSR count). The van der Waals surface area contributed by atoms with Gasteiger partial charge in [-0.25, -0.2) is 9.59 Å². The summed E-state index contributed by atoms with van der Waals surface area (Å²) in [6.07, 6.45) is 1.55. The van der Waals surface area contributed by atoms with Crippen LogP contribution in [0.3, 0.4) is 0 Å². The Morgan fingerprint density at radius 3 is 2.54 bits per heavy atom. The van der Waals surface area contributed by atoms with Gasteiger partial charge >= 0.3 is 17.9 Å². The molecule has 1 amide bonds. The molecule has 192 valence electrons. The molecule has 3 atom stereocenters. The van der Waals surface area contributed by atoms with E-state index in [1.54, 1.807) is 0 Å². The summed E-state index contributed by atoms with van der Waals surface area (Å²) in [7, 11) is 2.61. The largest absolute Gasteiger partial charge is 0.480 e. The van der Waals surface area contributed by atoms with Gasteiger partial charge in [0.2, 0.25) is 5.91 Å². The molecule has 1 aliphatic heterocycles. The lowest BCUT2D eigenvalue weighted by Crippen LogP contribution is -2.43. The van der Waals surface area contributed by atoms with Crippen molar-refractivity contribution >= 4 is 57.0 Å². The number of likely N-dealkylation sites (tertiary alicyclic amines) is 1. The zero-order valence-electron chi connectivity index (χ0n) is 18.8. The van der Waals surface area contributed by atoms with E-state index in [9.17, 15) is 29.4 Å². The molecule has 0 bridgehead atoms. The molecule has 1 saturated heterocycles. The first kappa shape index (κ1) is 29.0. The van der Waals surface area contributed by atoms with Crippen LogP contribution in [0.1, 0.15) is 24.8 Å². The van der Waals surface area contributed by atoms with E-state index in [4.69, 9.17) is 22.4 Å². The van der Waals surface area contributed by atoms with Crippen molar-refractivity contribution in [3.63, 3.8) is 0 Å². The number of carbonyl (C=O) groups is 4. The highest BCUT2D eigenvalue weighted by atomic mass is 35.5. The molecule has 6 N–H and O–H groups in total. The Balaban J connectivity index is 1.90. The maximum Gasteiger partial charge on any atom is 0.328 e. The van der Waals surface area contributed by atoms with E-state index in [1.165, 1.54) is 27.7 Å². The van der Waals surface area contributed by atoms with Gasteiger partial charge in [-0.1, -0.05) is 51.4 Å². The van der Waals surface area contributed by atoms with Crippen LogP contribution < -0.4 is 11.1 Å². The van der Waals surface area contributed by atoms with Gasteiger partial charge in [0, 0.05) is 48.2 Å². The number of piperidine rings is 1. The molecular weight excluding hydrogens is 518 g/mol. The van der Waals surface area contributed by atoms with Crippen molar-refractivity contribution in [3.05, 3.63) is 46.5 Å². The van der Waals surface area contributed by atoms with E-state index in [1.807, 2.05) is 24.3 Å². The second kappa shape index (κ2) is 14.3. The Hall–Kier alpha value is -2.25. The second-order valence-electron chi connectivity index (χ2n) is 7.96. The van der Waals surface area contributed by atoms with Gasteiger partial charge in [-0.15, -0.1) is 0 Å².